The quantitative estimate of drug-likeness (QED) is 0.550. The van der Waals surface area contributed by atoms with Crippen LogP contribution in [0, 0.1) is 0 Å². The molecule has 26 heavy (non-hydrogen) atoms. The molecule has 6 heteroatoms. The Morgan fingerprint density at radius 2 is 1.73 bits per heavy atom. The molecule has 0 spiro atoms. The number of rotatable bonds is 5. The highest BCUT2D eigenvalue weighted by Crippen LogP contribution is 2.34. The molecule has 5 nitrogen and oxygen atoms in total. The molecule has 0 atom stereocenters. The van der Waals surface area contributed by atoms with Gasteiger partial charge in [-0.15, -0.1) is 0 Å². The Bertz CT molecular complexity index is 1070. The average molecular weight is 366 g/mol. The average Bonchev–Trinajstić information content (AvgIpc) is 2.98. The number of aromatic nitrogens is 3. The molecule has 0 amide bonds. The van der Waals surface area contributed by atoms with Crippen molar-refractivity contribution in [3.63, 3.8) is 0 Å². The van der Waals surface area contributed by atoms with Crippen molar-refractivity contribution in [2.75, 3.05) is 32.5 Å². The zero-order valence-electron chi connectivity index (χ0n) is 14.8. The number of likely N-dealkylation sites (N-methyl/N-ethyl adjacent to an activating group) is 1. The third-order valence-electron chi connectivity index (χ3n) is 4.32. The molecule has 2 heterocycles. The third-order valence-corrected chi connectivity index (χ3v) is 4.71. The Morgan fingerprint density at radius 3 is 2.50 bits per heavy atom. The molecule has 0 aliphatic carbocycles. The molecule has 0 fully saturated rings. The summed E-state index contributed by atoms with van der Waals surface area (Å²) in [6, 6.07) is 16.0. The van der Waals surface area contributed by atoms with Crippen molar-refractivity contribution in [3.05, 3.63) is 53.6 Å². The fourth-order valence-corrected chi connectivity index (χ4v) is 3.28. The number of benzene rings is 2. The van der Waals surface area contributed by atoms with E-state index in [1.165, 1.54) is 0 Å². The lowest BCUT2D eigenvalue weighted by atomic mass is 10.2. The fourth-order valence-electron chi connectivity index (χ4n) is 2.98. The van der Waals surface area contributed by atoms with Crippen LogP contribution in [0.1, 0.15) is 0 Å². The molecule has 0 radical (unpaired) electrons. The van der Waals surface area contributed by atoms with Crippen LogP contribution in [-0.4, -0.2) is 47.0 Å². The highest BCUT2D eigenvalue weighted by Gasteiger charge is 2.16. The number of hydrogen-bond acceptors (Lipinski definition) is 4. The minimum absolute atomic E-state index is 0.595. The van der Waals surface area contributed by atoms with E-state index in [0.29, 0.717) is 10.8 Å². The molecule has 2 aromatic heterocycles. The van der Waals surface area contributed by atoms with E-state index >= 15 is 0 Å². The van der Waals surface area contributed by atoms with E-state index in [0.717, 1.165) is 46.4 Å². The van der Waals surface area contributed by atoms with Gasteiger partial charge >= 0.3 is 0 Å². The second-order valence-electron chi connectivity index (χ2n) is 6.50. The van der Waals surface area contributed by atoms with E-state index in [1.54, 1.807) is 0 Å². The lowest BCUT2D eigenvalue weighted by Gasteiger charge is -2.13. The first-order valence-electron chi connectivity index (χ1n) is 8.55. The monoisotopic (exact) mass is 365 g/mol. The molecule has 4 aromatic rings. The van der Waals surface area contributed by atoms with Crippen LogP contribution in [0.5, 0.6) is 0 Å². The van der Waals surface area contributed by atoms with E-state index in [1.807, 2.05) is 48.5 Å². The Labute approximate surface area is 157 Å². The van der Waals surface area contributed by atoms with Gasteiger partial charge in [-0.05, 0) is 32.3 Å². The van der Waals surface area contributed by atoms with Crippen LogP contribution < -0.4 is 5.32 Å². The first-order valence-corrected chi connectivity index (χ1v) is 8.93. The first-order chi connectivity index (χ1) is 12.6. The van der Waals surface area contributed by atoms with Crippen LogP contribution in [0.2, 0.25) is 5.02 Å². The topological polar surface area (TPSA) is 56.8 Å². The molecule has 0 saturated carbocycles. The van der Waals surface area contributed by atoms with Crippen molar-refractivity contribution in [2.45, 2.75) is 0 Å². The predicted molar refractivity (Wildman–Crippen MR) is 109 cm³/mol. The van der Waals surface area contributed by atoms with E-state index in [4.69, 9.17) is 21.6 Å². The molecule has 2 N–H and O–H groups in total. The van der Waals surface area contributed by atoms with Crippen LogP contribution in [0.3, 0.4) is 0 Å². The summed E-state index contributed by atoms with van der Waals surface area (Å²) < 4.78 is 0. The summed E-state index contributed by atoms with van der Waals surface area (Å²) in [6.07, 6.45) is 0. The normalized spacial score (nSPS) is 11.5. The number of H-pyrrole nitrogens is 1. The summed E-state index contributed by atoms with van der Waals surface area (Å²) in [5, 5.41) is 6.06. The third kappa shape index (κ3) is 3.11. The van der Waals surface area contributed by atoms with Gasteiger partial charge in [-0.2, -0.15) is 0 Å². The minimum Gasteiger partial charge on any atom is -0.368 e. The van der Waals surface area contributed by atoms with Crippen molar-refractivity contribution in [1.82, 2.24) is 19.9 Å². The maximum Gasteiger partial charge on any atom is 0.180 e. The summed E-state index contributed by atoms with van der Waals surface area (Å²) in [6.45, 7) is 1.72. The first kappa shape index (κ1) is 16.8. The molecular weight excluding hydrogens is 346 g/mol. The molecular formula is C20H20ClN5. The second kappa shape index (κ2) is 6.94. The maximum absolute atomic E-state index is 6.60. The molecule has 0 aliphatic rings. The number of aromatic amines is 1. The molecule has 4 rings (SSSR count). The van der Waals surface area contributed by atoms with Crippen molar-refractivity contribution in [2.24, 2.45) is 0 Å². The number of anilines is 1. The van der Waals surface area contributed by atoms with Gasteiger partial charge in [0.15, 0.2) is 5.82 Å². The summed E-state index contributed by atoms with van der Waals surface area (Å²) in [4.78, 5) is 15.0. The van der Waals surface area contributed by atoms with Crippen LogP contribution >= 0.6 is 11.6 Å². The largest absolute Gasteiger partial charge is 0.368 e. The summed E-state index contributed by atoms with van der Waals surface area (Å²) in [5.74, 6) is 1.42. The molecule has 0 unspecified atom stereocenters. The lowest BCUT2D eigenvalue weighted by Crippen LogP contribution is -2.21. The molecule has 0 aliphatic heterocycles. The predicted octanol–water partition coefficient (Wildman–Crippen LogP) is 4.41. The van der Waals surface area contributed by atoms with Crippen molar-refractivity contribution in [1.29, 1.82) is 0 Å². The number of nitrogens with zero attached hydrogens (tertiary/aromatic N) is 3. The summed E-state index contributed by atoms with van der Waals surface area (Å²) in [5.41, 5.74) is 2.61. The fraction of sp³-hybridized carbons (Fsp3) is 0.200. The van der Waals surface area contributed by atoms with Crippen LogP contribution in [0.4, 0.5) is 5.82 Å². The molecule has 0 bridgehead atoms. The highest BCUT2D eigenvalue weighted by molar-refractivity contribution is 6.38. The standard InChI is InChI=1S/C20H20ClN5/c1-26(2)12-11-22-19-14-8-4-6-10-16(14)24-20(25-19)18-17(21)13-7-3-5-9-15(13)23-18/h3-10,23H,11-12H2,1-2H3,(H,22,24,25). The van der Waals surface area contributed by atoms with Gasteiger partial charge < -0.3 is 15.2 Å². The Hall–Kier alpha value is -2.63. The van der Waals surface area contributed by atoms with Gasteiger partial charge in [0.25, 0.3) is 0 Å². The van der Waals surface area contributed by atoms with Crippen molar-refractivity contribution < 1.29 is 0 Å². The van der Waals surface area contributed by atoms with Gasteiger partial charge in [-0.3, -0.25) is 0 Å². The SMILES string of the molecule is CN(C)CCNc1nc(-c2[nH]c3ccccc3c2Cl)nc2ccccc12. The number of fused-ring (bicyclic) bond motifs is 2. The number of para-hydroxylation sites is 2. The minimum atomic E-state index is 0.595. The molecule has 2 aromatic carbocycles. The Kier molecular flexibility index (Phi) is 4.49. The van der Waals surface area contributed by atoms with Gasteiger partial charge in [0, 0.05) is 29.4 Å². The van der Waals surface area contributed by atoms with Gasteiger partial charge in [-0.25, -0.2) is 9.97 Å². The van der Waals surface area contributed by atoms with Crippen molar-refractivity contribution in [3.8, 4) is 11.5 Å². The lowest BCUT2D eigenvalue weighted by molar-refractivity contribution is 0.425. The van der Waals surface area contributed by atoms with Crippen molar-refractivity contribution >= 4 is 39.2 Å². The van der Waals surface area contributed by atoms with Crippen LogP contribution in [0.25, 0.3) is 33.3 Å². The van der Waals surface area contributed by atoms with Gasteiger partial charge in [-0.1, -0.05) is 41.9 Å². The summed E-state index contributed by atoms with van der Waals surface area (Å²) >= 11 is 6.60. The van der Waals surface area contributed by atoms with E-state index in [-0.39, 0.29) is 0 Å². The zero-order valence-corrected chi connectivity index (χ0v) is 15.5. The van der Waals surface area contributed by atoms with Gasteiger partial charge in [0.2, 0.25) is 0 Å². The summed E-state index contributed by atoms with van der Waals surface area (Å²) in [7, 11) is 4.10. The van der Waals surface area contributed by atoms with Crippen LogP contribution in [-0.2, 0) is 0 Å². The van der Waals surface area contributed by atoms with Crippen LogP contribution in [0.15, 0.2) is 48.5 Å². The second-order valence-corrected chi connectivity index (χ2v) is 6.88. The Balaban J connectivity index is 1.83. The van der Waals surface area contributed by atoms with Gasteiger partial charge in [0.05, 0.1) is 10.5 Å². The van der Waals surface area contributed by atoms with E-state index in [9.17, 15) is 0 Å². The molecule has 0 saturated heterocycles. The van der Waals surface area contributed by atoms with Gasteiger partial charge in [0.1, 0.15) is 11.5 Å². The highest BCUT2D eigenvalue weighted by atomic mass is 35.5. The number of nitrogens with one attached hydrogen (secondary N) is 2. The molecule has 132 valence electrons. The van der Waals surface area contributed by atoms with E-state index in [2.05, 4.69) is 29.3 Å². The smallest absolute Gasteiger partial charge is 0.180 e. The number of hydrogen-bond donors (Lipinski definition) is 2. The van der Waals surface area contributed by atoms with E-state index < -0.39 is 0 Å². The zero-order chi connectivity index (χ0) is 18.1. The maximum atomic E-state index is 6.60. The number of halogens is 1. The Morgan fingerprint density at radius 1 is 1.00 bits per heavy atom.